The average molecular weight is 634 g/mol. The molecule has 0 saturated heterocycles. The summed E-state index contributed by atoms with van der Waals surface area (Å²) in [6.45, 7) is 4.38. The van der Waals surface area contributed by atoms with Crippen molar-refractivity contribution in [1.29, 1.82) is 0 Å². The van der Waals surface area contributed by atoms with E-state index in [2.05, 4.69) is 5.10 Å². The molecule has 0 atom stereocenters. The van der Waals surface area contributed by atoms with Gasteiger partial charge in [-0.25, -0.2) is 4.79 Å². The van der Waals surface area contributed by atoms with Gasteiger partial charge in [0.15, 0.2) is 0 Å². The number of carbonyl (C=O) groups is 2. The molecule has 43 heavy (non-hydrogen) atoms. The molecule has 0 aliphatic carbocycles. The van der Waals surface area contributed by atoms with Crippen LogP contribution in [0.3, 0.4) is 0 Å². The number of benzene rings is 1. The fourth-order valence-corrected chi connectivity index (χ4v) is 5.90. The maximum absolute atomic E-state index is 12.9. The van der Waals surface area contributed by atoms with E-state index in [1.54, 1.807) is 29.4 Å². The van der Waals surface area contributed by atoms with Crippen molar-refractivity contribution in [2.45, 2.75) is 52.7 Å². The van der Waals surface area contributed by atoms with Gasteiger partial charge in [-0.3, -0.25) is 18.3 Å². The second kappa shape index (κ2) is 12.9. The molecule has 0 radical (unpaired) electrons. The van der Waals surface area contributed by atoms with Gasteiger partial charge in [-0.2, -0.15) is 18.6 Å². The third-order valence-electron chi connectivity index (χ3n) is 7.51. The number of carbonyl (C=O) groups excluding carboxylic acids is 2. The molecule has 0 saturated carbocycles. The Labute approximate surface area is 255 Å². The van der Waals surface area contributed by atoms with Crippen LogP contribution in [0.1, 0.15) is 51.5 Å². The van der Waals surface area contributed by atoms with Crippen LogP contribution >= 0.6 is 11.6 Å². The van der Waals surface area contributed by atoms with E-state index >= 15 is 0 Å². The molecule has 14 heteroatoms. The Hall–Kier alpha value is -3.68. The van der Waals surface area contributed by atoms with Gasteiger partial charge < -0.3 is 14.0 Å². The van der Waals surface area contributed by atoms with Crippen LogP contribution in [0.15, 0.2) is 18.2 Å². The quantitative estimate of drug-likeness (QED) is 0.167. The molecule has 12 nitrogen and oxygen atoms in total. The molecule has 4 aromatic rings. The lowest BCUT2D eigenvalue weighted by Gasteiger charge is -2.13. The molecule has 0 aliphatic rings. The zero-order chi connectivity index (χ0) is 31.6. The van der Waals surface area contributed by atoms with Crippen molar-refractivity contribution in [2.24, 2.45) is 14.1 Å². The molecule has 4 rings (SSSR count). The van der Waals surface area contributed by atoms with Crippen molar-refractivity contribution < 1.29 is 31.7 Å². The van der Waals surface area contributed by atoms with Crippen LogP contribution in [-0.4, -0.2) is 65.0 Å². The highest BCUT2D eigenvalue weighted by molar-refractivity contribution is 7.85. The third-order valence-corrected chi connectivity index (χ3v) is 8.37. The monoisotopic (exact) mass is 633 g/mol. The number of aryl methyl sites for hydroxylation is 6. The SMILES string of the molecule is COC(=O)CCc1c(C(=O)OC)n(C)c2c(-c3c(C)c(C)nn3CCCc3cc(COS(C)(=O)=O)n(C)n3)c(Cl)ccc12. The topological polar surface area (TPSA) is 137 Å². The molecule has 3 aromatic heterocycles. The third kappa shape index (κ3) is 6.78. The summed E-state index contributed by atoms with van der Waals surface area (Å²) in [6, 6.07) is 5.48. The Morgan fingerprint density at radius 2 is 1.77 bits per heavy atom. The highest BCUT2D eigenvalue weighted by Crippen LogP contribution is 2.41. The van der Waals surface area contributed by atoms with Gasteiger partial charge in [0.1, 0.15) is 12.3 Å². The summed E-state index contributed by atoms with van der Waals surface area (Å²) in [5.41, 5.74) is 6.56. The molecule has 0 bridgehead atoms. The number of esters is 2. The molecule has 0 aliphatic heterocycles. The van der Waals surface area contributed by atoms with Gasteiger partial charge in [-0.15, -0.1) is 0 Å². The number of nitrogens with zero attached hydrogens (tertiary/aromatic N) is 5. The first-order chi connectivity index (χ1) is 20.3. The molecule has 232 valence electrons. The number of aromatic nitrogens is 5. The Bertz CT molecular complexity index is 1800. The van der Waals surface area contributed by atoms with E-state index in [-0.39, 0.29) is 25.4 Å². The summed E-state index contributed by atoms with van der Waals surface area (Å²) in [4.78, 5) is 24.9. The number of hydrogen-bond donors (Lipinski definition) is 0. The van der Waals surface area contributed by atoms with Crippen molar-refractivity contribution in [2.75, 3.05) is 20.5 Å². The minimum absolute atomic E-state index is 0.0849. The van der Waals surface area contributed by atoms with Crippen LogP contribution in [0.25, 0.3) is 22.2 Å². The predicted octanol–water partition coefficient (Wildman–Crippen LogP) is 4.05. The summed E-state index contributed by atoms with van der Waals surface area (Å²) in [5, 5.41) is 10.6. The van der Waals surface area contributed by atoms with Gasteiger partial charge in [0, 0.05) is 38.0 Å². The Kier molecular flexibility index (Phi) is 9.67. The Morgan fingerprint density at radius 3 is 2.42 bits per heavy atom. The van der Waals surface area contributed by atoms with Crippen LogP contribution in [0.4, 0.5) is 0 Å². The van der Waals surface area contributed by atoms with Gasteiger partial charge in [-0.05, 0) is 56.4 Å². The van der Waals surface area contributed by atoms with Crippen LogP contribution < -0.4 is 0 Å². The number of hydrogen-bond acceptors (Lipinski definition) is 9. The first kappa shape index (κ1) is 32.2. The number of fused-ring (bicyclic) bond motifs is 1. The summed E-state index contributed by atoms with van der Waals surface area (Å²) in [6.07, 6.45) is 2.71. The number of ether oxygens (including phenoxy) is 2. The highest BCUT2D eigenvalue weighted by atomic mass is 35.5. The first-order valence-corrected chi connectivity index (χ1v) is 15.8. The minimum Gasteiger partial charge on any atom is -0.469 e. The van der Waals surface area contributed by atoms with Crippen LogP contribution in [-0.2, 0) is 68.7 Å². The lowest BCUT2D eigenvalue weighted by molar-refractivity contribution is -0.140. The van der Waals surface area contributed by atoms with E-state index in [9.17, 15) is 18.0 Å². The van der Waals surface area contributed by atoms with Gasteiger partial charge in [0.25, 0.3) is 10.1 Å². The van der Waals surface area contributed by atoms with E-state index in [0.29, 0.717) is 41.4 Å². The van der Waals surface area contributed by atoms with Crippen molar-refractivity contribution in [1.82, 2.24) is 24.1 Å². The largest absolute Gasteiger partial charge is 0.469 e. The maximum Gasteiger partial charge on any atom is 0.354 e. The van der Waals surface area contributed by atoms with E-state index in [1.165, 1.54) is 14.2 Å². The van der Waals surface area contributed by atoms with Crippen LogP contribution in [0.5, 0.6) is 0 Å². The van der Waals surface area contributed by atoms with E-state index in [1.807, 2.05) is 30.7 Å². The Balaban J connectivity index is 1.72. The standard InChI is InChI=1S/C29H36ClN5O7S/c1-17-18(2)31-35(14-8-9-19-15-20(34(4)32-19)16-42-43(7,38)39)26(17)25-23(30)12-10-21-22(11-13-24(36)40-5)28(29(37)41-6)33(3)27(21)25/h10,12,15H,8-9,11,13-14,16H2,1-7H3. The fraction of sp³-hybridized carbons (Fsp3) is 0.448. The first-order valence-electron chi connectivity index (χ1n) is 13.6. The molecule has 0 N–H and O–H groups in total. The zero-order valence-corrected chi connectivity index (χ0v) is 26.9. The number of methoxy groups -OCH3 is 2. The molecular formula is C29H36ClN5O7S. The molecule has 3 heterocycles. The smallest absolute Gasteiger partial charge is 0.354 e. The van der Waals surface area contributed by atoms with Gasteiger partial charge in [-0.1, -0.05) is 17.7 Å². The predicted molar refractivity (Wildman–Crippen MR) is 161 cm³/mol. The van der Waals surface area contributed by atoms with Gasteiger partial charge >= 0.3 is 11.9 Å². The van der Waals surface area contributed by atoms with E-state index in [0.717, 1.165) is 45.4 Å². The highest BCUT2D eigenvalue weighted by Gasteiger charge is 2.28. The summed E-state index contributed by atoms with van der Waals surface area (Å²) < 4.78 is 42.9. The second-order valence-corrected chi connectivity index (χ2v) is 12.4. The molecule has 0 unspecified atom stereocenters. The number of halogens is 1. The summed E-state index contributed by atoms with van der Waals surface area (Å²) in [5.74, 6) is -0.895. The second-order valence-electron chi connectivity index (χ2n) is 10.4. The van der Waals surface area contributed by atoms with Crippen LogP contribution in [0, 0.1) is 13.8 Å². The fourth-order valence-electron chi connectivity index (χ4n) is 5.32. The summed E-state index contributed by atoms with van der Waals surface area (Å²) >= 11 is 6.89. The Morgan fingerprint density at radius 1 is 1.05 bits per heavy atom. The van der Waals surface area contributed by atoms with Crippen molar-refractivity contribution >= 4 is 44.6 Å². The normalized spacial score (nSPS) is 11.8. The zero-order valence-electron chi connectivity index (χ0n) is 25.4. The molecule has 0 spiro atoms. The average Bonchev–Trinajstić information content (AvgIpc) is 3.55. The maximum atomic E-state index is 12.9. The lowest BCUT2D eigenvalue weighted by Crippen LogP contribution is -2.12. The van der Waals surface area contributed by atoms with E-state index in [4.69, 9.17) is 30.4 Å². The van der Waals surface area contributed by atoms with Crippen molar-refractivity contribution in [3.63, 3.8) is 0 Å². The van der Waals surface area contributed by atoms with Gasteiger partial charge in [0.2, 0.25) is 0 Å². The summed E-state index contributed by atoms with van der Waals surface area (Å²) in [7, 11) is 2.61. The van der Waals surface area contributed by atoms with Crippen LogP contribution in [0.2, 0.25) is 5.02 Å². The lowest BCUT2D eigenvalue weighted by atomic mass is 10.00. The van der Waals surface area contributed by atoms with E-state index < -0.39 is 16.1 Å². The van der Waals surface area contributed by atoms with Crippen molar-refractivity contribution in [3.8, 4) is 11.3 Å². The van der Waals surface area contributed by atoms with Crippen molar-refractivity contribution in [3.05, 3.63) is 57.1 Å². The molecule has 1 aromatic carbocycles. The molecule has 0 amide bonds. The molecule has 0 fully saturated rings. The molecular weight excluding hydrogens is 598 g/mol. The van der Waals surface area contributed by atoms with Gasteiger partial charge in [0.05, 0.1) is 53.8 Å². The minimum atomic E-state index is -3.57. The number of rotatable bonds is 12.